The Morgan fingerprint density at radius 1 is 1.16 bits per heavy atom. The number of aliphatic hydroxyl groups is 2. The number of ketones is 4. The quantitative estimate of drug-likeness (QED) is 0.423. The van der Waals surface area contributed by atoms with E-state index in [1.807, 2.05) is 0 Å². The van der Waals surface area contributed by atoms with Crippen molar-refractivity contribution >= 4 is 29.0 Å². The standard InChI is InChI=1S/C28H28N2O8/c1-11(2)19-17-7-13-6-16-15(14-5-12(10-31)8-30-9-14)3-4-18(32)21(16)24(34)20(13)25(35)28(17,38)26(36)22(23(19)33)27(29)37/h3-5,8-9,11,13,17,19-20,22,31-32,38H,6-7,10H2,1-2H3,(H2,29,37)/t13-,17-,19-,20?,22?,28-/m0/s1. The molecule has 38 heavy (non-hydrogen) atoms. The van der Waals surface area contributed by atoms with Crippen molar-refractivity contribution in [3.63, 3.8) is 0 Å². The number of phenolic OH excluding ortho intramolecular Hbond substituents is 1. The number of carbonyl (C=O) groups excluding carboxylic acids is 5. The zero-order valence-corrected chi connectivity index (χ0v) is 20.9. The van der Waals surface area contributed by atoms with Gasteiger partial charge in [-0.3, -0.25) is 29.0 Å². The molecule has 1 aromatic heterocycles. The summed E-state index contributed by atoms with van der Waals surface area (Å²) in [6.45, 7) is 3.16. The highest BCUT2D eigenvalue weighted by molar-refractivity contribution is 6.32. The van der Waals surface area contributed by atoms with Gasteiger partial charge in [-0.05, 0) is 53.5 Å². The van der Waals surface area contributed by atoms with Crippen LogP contribution in [0.25, 0.3) is 11.1 Å². The number of pyridine rings is 1. The minimum absolute atomic E-state index is 0.00786. The van der Waals surface area contributed by atoms with Crippen LogP contribution in [0, 0.1) is 35.5 Å². The van der Waals surface area contributed by atoms with Gasteiger partial charge in [0.1, 0.15) is 5.75 Å². The topological polar surface area (TPSA) is 185 Å². The highest BCUT2D eigenvalue weighted by atomic mass is 16.3. The fourth-order valence-corrected chi connectivity index (χ4v) is 6.85. The monoisotopic (exact) mass is 520 g/mol. The third-order valence-corrected chi connectivity index (χ3v) is 8.48. The fraction of sp³-hybridized carbons (Fsp3) is 0.429. The SMILES string of the molecule is CC(C)[C@@H]1C(=O)C(C(N)=O)C(=O)[C@@]2(O)C(=O)C3C(=O)c4c(O)ccc(-c5cncc(CO)c5)c4C[C@H]3C[C@@H]12. The molecule has 5 N–H and O–H groups in total. The van der Waals surface area contributed by atoms with E-state index in [4.69, 9.17) is 5.73 Å². The summed E-state index contributed by atoms with van der Waals surface area (Å²) in [6, 6.07) is 4.66. The average molecular weight is 521 g/mol. The number of phenols is 1. The molecule has 0 bridgehead atoms. The van der Waals surface area contributed by atoms with Crippen molar-refractivity contribution in [1.29, 1.82) is 0 Å². The van der Waals surface area contributed by atoms with Gasteiger partial charge in [-0.15, -0.1) is 0 Å². The number of rotatable bonds is 4. The first-order chi connectivity index (χ1) is 17.9. The van der Waals surface area contributed by atoms with E-state index in [0.29, 0.717) is 22.3 Å². The third kappa shape index (κ3) is 3.47. The maximum absolute atomic E-state index is 13.9. The molecule has 2 saturated carbocycles. The van der Waals surface area contributed by atoms with Crippen LogP contribution in [0.4, 0.5) is 0 Å². The molecule has 198 valence electrons. The van der Waals surface area contributed by atoms with Crippen LogP contribution in [-0.2, 0) is 32.2 Å². The molecule has 0 spiro atoms. The van der Waals surface area contributed by atoms with Gasteiger partial charge in [0, 0.05) is 29.8 Å². The number of nitrogens with two attached hydrogens (primary N) is 1. The molecule has 2 unspecified atom stereocenters. The number of aromatic hydroxyl groups is 1. The first kappa shape index (κ1) is 25.9. The van der Waals surface area contributed by atoms with E-state index in [0.717, 1.165) is 0 Å². The van der Waals surface area contributed by atoms with Gasteiger partial charge in [-0.2, -0.15) is 0 Å². The summed E-state index contributed by atoms with van der Waals surface area (Å²) < 4.78 is 0. The lowest BCUT2D eigenvalue weighted by molar-refractivity contribution is -0.182. The van der Waals surface area contributed by atoms with Crippen molar-refractivity contribution in [2.45, 2.75) is 38.9 Å². The summed E-state index contributed by atoms with van der Waals surface area (Å²) in [7, 11) is 0. The Morgan fingerprint density at radius 2 is 1.87 bits per heavy atom. The summed E-state index contributed by atoms with van der Waals surface area (Å²) >= 11 is 0. The van der Waals surface area contributed by atoms with E-state index in [2.05, 4.69) is 4.98 Å². The zero-order chi connectivity index (χ0) is 27.7. The van der Waals surface area contributed by atoms with Crippen LogP contribution < -0.4 is 5.73 Å². The van der Waals surface area contributed by atoms with Gasteiger partial charge in [0.2, 0.25) is 5.91 Å². The first-order valence-electron chi connectivity index (χ1n) is 12.5. The lowest BCUT2D eigenvalue weighted by atomic mass is 9.49. The Kier molecular flexibility index (Phi) is 6.07. The van der Waals surface area contributed by atoms with Gasteiger partial charge in [0.05, 0.1) is 18.1 Å². The van der Waals surface area contributed by atoms with E-state index in [-0.39, 0.29) is 30.8 Å². The molecule has 2 fully saturated rings. The van der Waals surface area contributed by atoms with Gasteiger partial charge < -0.3 is 21.1 Å². The van der Waals surface area contributed by atoms with Crippen LogP contribution in [-0.4, -0.2) is 54.9 Å². The molecule has 6 atom stereocenters. The number of hydrogen-bond acceptors (Lipinski definition) is 9. The maximum Gasteiger partial charge on any atom is 0.235 e. The van der Waals surface area contributed by atoms with Crippen LogP contribution in [0.15, 0.2) is 30.6 Å². The molecular weight excluding hydrogens is 492 g/mol. The highest BCUT2D eigenvalue weighted by Gasteiger charge is 2.69. The van der Waals surface area contributed by atoms with Crippen molar-refractivity contribution in [2.24, 2.45) is 41.2 Å². The lowest BCUT2D eigenvalue weighted by Gasteiger charge is -2.52. The number of carbonyl (C=O) groups is 5. The number of nitrogens with zero attached hydrogens (tertiary/aromatic N) is 1. The Bertz CT molecular complexity index is 1420. The van der Waals surface area contributed by atoms with Crippen molar-refractivity contribution < 1.29 is 39.3 Å². The van der Waals surface area contributed by atoms with Gasteiger partial charge in [-0.1, -0.05) is 19.9 Å². The van der Waals surface area contributed by atoms with Crippen LogP contribution in [0.3, 0.4) is 0 Å². The summed E-state index contributed by atoms with van der Waals surface area (Å²) in [5, 5.41) is 31.8. The molecular formula is C28H28N2O8. The molecule has 3 aliphatic carbocycles. The van der Waals surface area contributed by atoms with Crippen LogP contribution in [0.2, 0.25) is 0 Å². The molecule has 2 aromatic rings. The van der Waals surface area contributed by atoms with E-state index < -0.39 is 70.1 Å². The molecule has 0 saturated heterocycles. The Hall–Kier alpha value is -3.76. The number of benzene rings is 1. The Morgan fingerprint density at radius 3 is 2.50 bits per heavy atom. The fourth-order valence-electron chi connectivity index (χ4n) is 6.85. The molecule has 1 heterocycles. The van der Waals surface area contributed by atoms with Crippen molar-refractivity contribution in [3.8, 4) is 16.9 Å². The van der Waals surface area contributed by atoms with E-state index >= 15 is 0 Å². The maximum atomic E-state index is 13.9. The summed E-state index contributed by atoms with van der Waals surface area (Å²) in [4.78, 5) is 70.4. The molecule has 1 amide bonds. The van der Waals surface area contributed by atoms with Crippen LogP contribution in [0.5, 0.6) is 5.75 Å². The van der Waals surface area contributed by atoms with Crippen molar-refractivity contribution in [3.05, 3.63) is 47.3 Å². The highest BCUT2D eigenvalue weighted by Crippen LogP contribution is 2.53. The predicted octanol–water partition coefficient (Wildman–Crippen LogP) is 0.763. The van der Waals surface area contributed by atoms with Crippen LogP contribution >= 0.6 is 0 Å². The molecule has 3 aliphatic rings. The second-order valence-corrected chi connectivity index (χ2v) is 10.9. The summed E-state index contributed by atoms with van der Waals surface area (Å²) in [5.74, 6) is -12.0. The molecule has 5 rings (SSSR count). The molecule has 1 aromatic carbocycles. The molecule has 0 radical (unpaired) electrons. The van der Waals surface area contributed by atoms with Crippen molar-refractivity contribution in [2.75, 3.05) is 0 Å². The number of hydrogen-bond donors (Lipinski definition) is 4. The minimum atomic E-state index is -2.72. The van der Waals surface area contributed by atoms with Gasteiger partial charge in [0.15, 0.2) is 34.7 Å². The van der Waals surface area contributed by atoms with E-state index in [9.17, 15) is 39.3 Å². The normalized spacial score (nSPS) is 30.6. The number of fused-ring (bicyclic) bond motifs is 3. The van der Waals surface area contributed by atoms with E-state index in [1.165, 1.54) is 12.3 Å². The Labute approximate surface area is 217 Å². The zero-order valence-electron chi connectivity index (χ0n) is 20.9. The molecule has 10 heteroatoms. The lowest BCUT2D eigenvalue weighted by Crippen LogP contribution is -2.71. The summed E-state index contributed by atoms with van der Waals surface area (Å²) in [5.41, 5.74) is 4.76. The molecule has 10 nitrogen and oxygen atoms in total. The van der Waals surface area contributed by atoms with Crippen molar-refractivity contribution in [1.82, 2.24) is 4.98 Å². The largest absolute Gasteiger partial charge is 0.507 e. The smallest absolute Gasteiger partial charge is 0.235 e. The number of aliphatic hydroxyl groups excluding tert-OH is 1. The van der Waals surface area contributed by atoms with Crippen LogP contribution in [0.1, 0.15) is 41.8 Å². The third-order valence-electron chi connectivity index (χ3n) is 8.48. The second-order valence-electron chi connectivity index (χ2n) is 10.9. The Balaban J connectivity index is 1.66. The van der Waals surface area contributed by atoms with Gasteiger partial charge in [0.25, 0.3) is 0 Å². The number of aromatic nitrogens is 1. The summed E-state index contributed by atoms with van der Waals surface area (Å²) in [6.07, 6.45) is 3.22. The number of Topliss-reactive ketones (excluding diaryl/α,β-unsaturated/α-hetero) is 4. The first-order valence-corrected chi connectivity index (χ1v) is 12.5. The predicted molar refractivity (Wildman–Crippen MR) is 131 cm³/mol. The van der Waals surface area contributed by atoms with E-state index in [1.54, 1.807) is 32.2 Å². The van der Waals surface area contributed by atoms with Gasteiger partial charge >= 0.3 is 0 Å². The van der Waals surface area contributed by atoms with Gasteiger partial charge in [-0.25, -0.2) is 0 Å². The second kappa shape index (κ2) is 8.92. The minimum Gasteiger partial charge on any atom is -0.507 e. The average Bonchev–Trinajstić information content (AvgIpc) is 2.86. The molecule has 0 aliphatic heterocycles. The number of primary amides is 1. The number of amides is 1.